The quantitative estimate of drug-likeness (QED) is 0.422. The number of hydrogen-bond acceptors (Lipinski definition) is 8. The molecular weight excluding hydrogens is 370 g/mol. The molecule has 1 aromatic carbocycles. The van der Waals surface area contributed by atoms with Crippen molar-refractivity contribution >= 4 is 33.5 Å². The molecule has 1 aromatic heterocycles. The first-order valence-electron chi connectivity index (χ1n) is 6.97. The van der Waals surface area contributed by atoms with Crippen molar-refractivity contribution in [3.05, 3.63) is 52.3 Å². The summed E-state index contributed by atoms with van der Waals surface area (Å²) in [6.07, 6.45) is -1.25. The molecule has 1 amide bonds. The van der Waals surface area contributed by atoms with Gasteiger partial charge in [-0.2, -0.15) is 0 Å². The average molecular weight is 383 g/mol. The van der Waals surface area contributed by atoms with Gasteiger partial charge in [0.25, 0.3) is 5.91 Å². The minimum Gasteiger partial charge on any atom is -0.447 e. The second-order valence-corrected chi connectivity index (χ2v) is 6.56. The number of sulfonamides is 1. The Balaban J connectivity index is 1.98. The molecule has 0 saturated heterocycles. The molecule has 0 aliphatic rings. The van der Waals surface area contributed by atoms with Crippen LogP contribution < -0.4 is 10.5 Å². The zero-order valence-electron chi connectivity index (χ0n) is 13.2. The molecule has 1 atom stereocenters. The molecule has 0 bridgehead atoms. The summed E-state index contributed by atoms with van der Waals surface area (Å²) in [5, 5.41) is 17.9. The third-order valence-electron chi connectivity index (χ3n) is 3.08. The van der Waals surface area contributed by atoms with E-state index in [-0.39, 0.29) is 10.6 Å². The van der Waals surface area contributed by atoms with Crippen LogP contribution in [0.2, 0.25) is 0 Å². The molecule has 2 aromatic rings. The van der Waals surface area contributed by atoms with Gasteiger partial charge in [-0.05, 0) is 37.3 Å². The van der Waals surface area contributed by atoms with Crippen molar-refractivity contribution in [3.8, 4) is 0 Å². The van der Waals surface area contributed by atoms with Crippen LogP contribution in [0.25, 0.3) is 0 Å². The van der Waals surface area contributed by atoms with Gasteiger partial charge < -0.3 is 14.5 Å². The molecule has 0 unspecified atom stereocenters. The van der Waals surface area contributed by atoms with Gasteiger partial charge in [0.2, 0.25) is 15.8 Å². The Morgan fingerprint density at radius 2 is 1.85 bits per heavy atom. The predicted molar refractivity (Wildman–Crippen MR) is 86.7 cm³/mol. The van der Waals surface area contributed by atoms with Crippen molar-refractivity contribution in [2.75, 3.05) is 5.32 Å². The van der Waals surface area contributed by atoms with E-state index < -0.39 is 44.6 Å². The van der Waals surface area contributed by atoms with Crippen LogP contribution in [0.15, 0.2) is 45.7 Å². The van der Waals surface area contributed by atoms with Crippen molar-refractivity contribution in [2.24, 2.45) is 5.14 Å². The summed E-state index contributed by atoms with van der Waals surface area (Å²) in [7, 11) is -3.86. The number of hydrogen-bond donors (Lipinski definition) is 2. The third-order valence-corrected chi connectivity index (χ3v) is 4.01. The number of furan rings is 1. The Bertz CT molecular complexity index is 949. The predicted octanol–water partition coefficient (Wildman–Crippen LogP) is 1.02. The SMILES string of the molecule is C[C@@H](OC(=O)c1ccc([N+](=O)[O-])o1)C(=O)Nc1ccc(S(N)(=O)=O)cc1. The topological polar surface area (TPSA) is 172 Å². The molecule has 0 aliphatic heterocycles. The maximum absolute atomic E-state index is 12.0. The lowest BCUT2D eigenvalue weighted by Crippen LogP contribution is -2.29. The number of esters is 1. The fourth-order valence-corrected chi connectivity index (χ4v) is 2.29. The van der Waals surface area contributed by atoms with Crippen molar-refractivity contribution in [1.29, 1.82) is 0 Å². The Labute approximate surface area is 146 Å². The molecule has 26 heavy (non-hydrogen) atoms. The molecule has 0 radical (unpaired) electrons. The third kappa shape index (κ3) is 4.64. The van der Waals surface area contributed by atoms with Crippen molar-refractivity contribution < 1.29 is 32.1 Å². The lowest BCUT2D eigenvalue weighted by Gasteiger charge is -2.12. The Hall–Kier alpha value is -3.25. The summed E-state index contributed by atoms with van der Waals surface area (Å²) in [5.74, 6) is -2.81. The number of nitro groups is 1. The standard InChI is InChI=1S/C14H13N3O8S/c1-8(24-14(19)11-6-7-12(25-11)17(20)21)13(18)16-9-2-4-10(5-3-9)26(15,22)23/h2-8H,1H3,(H,16,18)(H2,15,22,23)/t8-/m1/s1. The Kier molecular flexibility index (Phi) is 5.38. The smallest absolute Gasteiger partial charge is 0.433 e. The van der Waals surface area contributed by atoms with Gasteiger partial charge in [0.1, 0.15) is 4.92 Å². The van der Waals surface area contributed by atoms with Gasteiger partial charge in [-0.3, -0.25) is 14.9 Å². The second-order valence-electron chi connectivity index (χ2n) is 5.00. The summed E-state index contributed by atoms with van der Waals surface area (Å²) in [5.41, 5.74) is 0.249. The first-order valence-corrected chi connectivity index (χ1v) is 8.51. The first-order chi connectivity index (χ1) is 12.1. The van der Waals surface area contributed by atoms with Gasteiger partial charge in [-0.1, -0.05) is 0 Å². The summed E-state index contributed by atoms with van der Waals surface area (Å²) in [6, 6.07) is 7.04. The Morgan fingerprint density at radius 1 is 1.23 bits per heavy atom. The number of carbonyl (C=O) groups excluding carboxylic acids is 2. The number of rotatable bonds is 6. The molecule has 0 aliphatic carbocycles. The zero-order chi connectivity index (χ0) is 19.5. The van der Waals surface area contributed by atoms with Gasteiger partial charge in [-0.25, -0.2) is 18.4 Å². The van der Waals surface area contributed by atoms with E-state index in [0.29, 0.717) is 0 Å². The zero-order valence-corrected chi connectivity index (χ0v) is 14.1. The summed E-state index contributed by atoms with van der Waals surface area (Å²) in [6.45, 7) is 1.28. The van der Waals surface area contributed by atoms with Gasteiger partial charge in [-0.15, -0.1) is 0 Å². The number of carbonyl (C=O) groups is 2. The van der Waals surface area contributed by atoms with Crippen LogP contribution in [-0.4, -0.2) is 31.3 Å². The highest BCUT2D eigenvalue weighted by atomic mass is 32.2. The average Bonchev–Trinajstić information content (AvgIpc) is 3.04. The number of benzene rings is 1. The summed E-state index contributed by atoms with van der Waals surface area (Å²) in [4.78, 5) is 33.4. The number of anilines is 1. The molecule has 12 heteroatoms. The molecule has 0 fully saturated rings. The minimum atomic E-state index is -3.86. The lowest BCUT2D eigenvalue weighted by molar-refractivity contribution is -0.402. The van der Waals surface area contributed by atoms with E-state index in [2.05, 4.69) is 9.73 Å². The maximum atomic E-state index is 12.0. The van der Waals surface area contributed by atoms with E-state index in [9.17, 15) is 28.1 Å². The molecule has 0 saturated carbocycles. The van der Waals surface area contributed by atoms with E-state index in [4.69, 9.17) is 9.88 Å². The molecule has 3 N–H and O–H groups in total. The molecule has 2 rings (SSSR count). The molecular formula is C14H13N3O8S. The van der Waals surface area contributed by atoms with Crippen LogP contribution in [0, 0.1) is 10.1 Å². The largest absolute Gasteiger partial charge is 0.447 e. The van der Waals surface area contributed by atoms with E-state index in [1.807, 2.05) is 0 Å². The lowest BCUT2D eigenvalue weighted by atomic mass is 10.3. The molecule has 1 heterocycles. The number of nitrogens with zero attached hydrogens (tertiary/aromatic N) is 1. The van der Waals surface area contributed by atoms with Gasteiger partial charge in [0, 0.05) is 5.69 Å². The highest BCUT2D eigenvalue weighted by molar-refractivity contribution is 7.89. The van der Waals surface area contributed by atoms with Gasteiger partial charge in [0.15, 0.2) is 6.10 Å². The van der Waals surface area contributed by atoms with Gasteiger partial charge in [0.05, 0.1) is 11.0 Å². The van der Waals surface area contributed by atoms with Crippen LogP contribution in [0.3, 0.4) is 0 Å². The summed E-state index contributed by atoms with van der Waals surface area (Å²) < 4.78 is 31.8. The number of primary sulfonamides is 1. The number of nitrogens with one attached hydrogen (secondary N) is 1. The number of amides is 1. The van der Waals surface area contributed by atoms with Crippen molar-refractivity contribution in [3.63, 3.8) is 0 Å². The van der Waals surface area contributed by atoms with Crippen LogP contribution >= 0.6 is 0 Å². The molecule has 138 valence electrons. The monoisotopic (exact) mass is 383 g/mol. The van der Waals surface area contributed by atoms with Crippen molar-refractivity contribution in [2.45, 2.75) is 17.9 Å². The van der Waals surface area contributed by atoms with Gasteiger partial charge >= 0.3 is 11.9 Å². The van der Waals surface area contributed by atoms with Crippen LogP contribution in [0.5, 0.6) is 0 Å². The van der Waals surface area contributed by atoms with Crippen LogP contribution in [-0.2, 0) is 19.6 Å². The number of ether oxygens (including phenoxy) is 1. The summed E-state index contributed by atoms with van der Waals surface area (Å²) >= 11 is 0. The maximum Gasteiger partial charge on any atom is 0.433 e. The second kappa shape index (κ2) is 7.33. The highest BCUT2D eigenvalue weighted by Gasteiger charge is 2.23. The fraction of sp³-hybridized carbons (Fsp3) is 0.143. The molecule has 11 nitrogen and oxygen atoms in total. The van der Waals surface area contributed by atoms with Crippen molar-refractivity contribution in [1.82, 2.24) is 0 Å². The molecule has 0 spiro atoms. The van der Waals surface area contributed by atoms with Crippen LogP contribution in [0.1, 0.15) is 17.5 Å². The minimum absolute atomic E-state index is 0.130. The number of nitrogens with two attached hydrogens (primary N) is 1. The first kappa shape index (κ1) is 19.1. The van der Waals surface area contributed by atoms with E-state index in [0.717, 1.165) is 12.1 Å². The van der Waals surface area contributed by atoms with E-state index >= 15 is 0 Å². The fourth-order valence-electron chi connectivity index (χ4n) is 1.78. The Morgan fingerprint density at radius 3 is 2.35 bits per heavy atom. The van der Waals surface area contributed by atoms with Crippen LogP contribution in [0.4, 0.5) is 11.6 Å². The highest BCUT2D eigenvalue weighted by Crippen LogP contribution is 2.17. The normalized spacial score (nSPS) is 12.2. The van der Waals surface area contributed by atoms with E-state index in [1.165, 1.54) is 31.2 Å². The van der Waals surface area contributed by atoms with E-state index in [1.54, 1.807) is 0 Å².